The van der Waals surface area contributed by atoms with Crippen molar-refractivity contribution in [2.24, 2.45) is 0 Å². The lowest BCUT2D eigenvalue weighted by atomic mass is 10.0. The van der Waals surface area contributed by atoms with Crippen molar-refractivity contribution in [2.75, 3.05) is 26.7 Å². The second kappa shape index (κ2) is 9.65. The fraction of sp³-hybridized carbons (Fsp3) is 0.391. The maximum Gasteiger partial charge on any atom is 0.213 e. The van der Waals surface area contributed by atoms with E-state index in [4.69, 9.17) is 4.74 Å². The largest absolute Gasteiger partial charge is 0.481 e. The van der Waals surface area contributed by atoms with E-state index in [1.54, 1.807) is 7.11 Å². The van der Waals surface area contributed by atoms with Gasteiger partial charge in [0.05, 0.1) is 18.1 Å². The summed E-state index contributed by atoms with van der Waals surface area (Å²) >= 11 is 3.49. The summed E-state index contributed by atoms with van der Waals surface area (Å²) in [6, 6.07) is 15.1. The predicted octanol–water partition coefficient (Wildman–Crippen LogP) is 4.20. The summed E-state index contributed by atoms with van der Waals surface area (Å²) in [7, 11) is 1.65. The van der Waals surface area contributed by atoms with E-state index in [9.17, 15) is 0 Å². The zero-order valence-electron chi connectivity index (χ0n) is 16.8. The van der Waals surface area contributed by atoms with Gasteiger partial charge in [-0.2, -0.15) is 0 Å². The molecule has 1 N–H and O–H groups in total. The first-order valence-electron chi connectivity index (χ1n) is 10.2. The molecule has 5 nitrogen and oxygen atoms in total. The van der Waals surface area contributed by atoms with Crippen molar-refractivity contribution < 1.29 is 4.74 Å². The molecule has 152 valence electrons. The van der Waals surface area contributed by atoms with Gasteiger partial charge in [-0.1, -0.05) is 28.1 Å². The molecule has 0 spiro atoms. The number of rotatable bonds is 7. The van der Waals surface area contributed by atoms with Crippen molar-refractivity contribution in [1.82, 2.24) is 20.2 Å². The molecule has 2 aromatic heterocycles. The number of benzene rings is 1. The van der Waals surface area contributed by atoms with E-state index in [0.29, 0.717) is 11.9 Å². The number of hydrogen-bond acceptors (Lipinski definition) is 5. The highest BCUT2D eigenvalue weighted by Gasteiger charge is 2.19. The monoisotopic (exact) mass is 454 g/mol. The topological polar surface area (TPSA) is 50.3 Å². The number of likely N-dealkylation sites (tertiary alicyclic amines) is 1. The number of methoxy groups -OCH3 is 1. The van der Waals surface area contributed by atoms with E-state index in [-0.39, 0.29) is 0 Å². The molecule has 1 saturated heterocycles. The molecule has 3 aromatic rings. The molecule has 0 saturated carbocycles. The van der Waals surface area contributed by atoms with Crippen molar-refractivity contribution in [1.29, 1.82) is 0 Å². The third-order valence-corrected chi connectivity index (χ3v) is 6.17. The molecule has 0 unspecified atom stereocenters. The van der Waals surface area contributed by atoms with Crippen LogP contribution in [0.1, 0.15) is 24.0 Å². The standard InChI is InChI=1S/C23H27BrN4O/c1-29-22-7-6-21-23(27-22)18(8-12-25-21)9-13-28-14-10-20(11-15-28)26-16-17-2-4-19(24)5-3-17/h2-8,12,20,26H,9-11,13-16H2,1H3. The van der Waals surface area contributed by atoms with E-state index in [2.05, 4.69) is 66.4 Å². The Kier molecular flexibility index (Phi) is 6.74. The number of piperidine rings is 1. The molecule has 0 amide bonds. The Balaban J connectivity index is 1.27. The Morgan fingerprint density at radius 2 is 1.90 bits per heavy atom. The van der Waals surface area contributed by atoms with Crippen molar-refractivity contribution in [3.63, 3.8) is 0 Å². The lowest BCUT2D eigenvalue weighted by Crippen LogP contribution is -2.42. The number of ether oxygens (including phenoxy) is 1. The number of nitrogens with zero attached hydrogens (tertiary/aromatic N) is 3. The average Bonchev–Trinajstić information content (AvgIpc) is 2.77. The van der Waals surface area contributed by atoms with Gasteiger partial charge in [-0.05, 0) is 67.7 Å². The number of halogens is 1. The summed E-state index contributed by atoms with van der Waals surface area (Å²) < 4.78 is 6.42. The van der Waals surface area contributed by atoms with E-state index in [1.807, 2.05) is 18.3 Å². The Labute approximate surface area is 180 Å². The fourth-order valence-electron chi connectivity index (χ4n) is 3.88. The molecular weight excluding hydrogens is 428 g/mol. The predicted molar refractivity (Wildman–Crippen MR) is 120 cm³/mol. The van der Waals surface area contributed by atoms with Crippen molar-refractivity contribution in [3.05, 3.63) is 64.3 Å². The molecule has 4 rings (SSSR count). The van der Waals surface area contributed by atoms with Crippen LogP contribution < -0.4 is 10.1 Å². The summed E-state index contributed by atoms with van der Waals surface area (Å²) in [5, 5.41) is 3.71. The minimum atomic E-state index is 0.600. The molecular formula is C23H27BrN4O. The highest BCUT2D eigenvalue weighted by atomic mass is 79.9. The molecule has 3 heterocycles. The van der Waals surface area contributed by atoms with E-state index in [0.717, 1.165) is 48.1 Å². The first-order valence-corrected chi connectivity index (χ1v) is 11.0. The van der Waals surface area contributed by atoms with Gasteiger partial charge in [0.15, 0.2) is 0 Å². The van der Waals surface area contributed by atoms with Gasteiger partial charge in [-0.15, -0.1) is 0 Å². The van der Waals surface area contributed by atoms with Gasteiger partial charge in [-0.3, -0.25) is 4.98 Å². The Morgan fingerprint density at radius 1 is 1.10 bits per heavy atom. The maximum atomic E-state index is 5.29. The zero-order chi connectivity index (χ0) is 20.1. The SMILES string of the molecule is COc1ccc2nccc(CCN3CCC(NCc4ccc(Br)cc4)CC3)c2n1. The molecule has 0 atom stereocenters. The highest BCUT2D eigenvalue weighted by molar-refractivity contribution is 9.10. The van der Waals surface area contributed by atoms with Crippen molar-refractivity contribution in [3.8, 4) is 5.88 Å². The zero-order valence-corrected chi connectivity index (χ0v) is 18.4. The lowest BCUT2D eigenvalue weighted by molar-refractivity contribution is 0.199. The van der Waals surface area contributed by atoms with Gasteiger partial charge < -0.3 is 15.0 Å². The molecule has 0 bridgehead atoms. The Morgan fingerprint density at radius 3 is 2.66 bits per heavy atom. The van der Waals surface area contributed by atoms with Crippen molar-refractivity contribution >= 4 is 27.0 Å². The number of aromatic nitrogens is 2. The van der Waals surface area contributed by atoms with E-state index in [1.165, 1.54) is 24.0 Å². The van der Waals surface area contributed by atoms with Crippen LogP contribution in [0.2, 0.25) is 0 Å². The minimum absolute atomic E-state index is 0.600. The molecule has 1 aromatic carbocycles. The van der Waals surface area contributed by atoms with Gasteiger partial charge in [-0.25, -0.2) is 4.98 Å². The first kappa shape index (κ1) is 20.3. The lowest BCUT2D eigenvalue weighted by Gasteiger charge is -2.32. The van der Waals surface area contributed by atoms with Crippen LogP contribution in [0.15, 0.2) is 53.1 Å². The van der Waals surface area contributed by atoms with Gasteiger partial charge in [0.2, 0.25) is 5.88 Å². The van der Waals surface area contributed by atoms with Gasteiger partial charge >= 0.3 is 0 Å². The summed E-state index contributed by atoms with van der Waals surface area (Å²) in [5.41, 5.74) is 4.46. The van der Waals surface area contributed by atoms with Gasteiger partial charge in [0, 0.05) is 35.9 Å². The van der Waals surface area contributed by atoms with Crippen LogP contribution in [-0.2, 0) is 13.0 Å². The summed E-state index contributed by atoms with van der Waals surface area (Å²) in [6.07, 6.45) is 5.25. The van der Waals surface area contributed by atoms with Crippen LogP contribution in [0.4, 0.5) is 0 Å². The number of nitrogens with one attached hydrogen (secondary N) is 1. The summed E-state index contributed by atoms with van der Waals surface area (Å²) in [5.74, 6) is 0.643. The first-order chi connectivity index (χ1) is 14.2. The molecule has 6 heteroatoms. The number of fused-ring (bicyclic) bond motifs is 1. The highest BCUT2D eigenvalue weighted by Crippen LogP contribution is 2.20. The molecule has 1 aliphatic heterocycles. The smallest absolute Gasteiger partial charge is 0.213 e. The van der Waals surface area contributed by atoms with Gasteiger partial charge in [0.1, 0.15) is 0 Å². The molecule has 1 aliphatic rings. The molecule has 0 radical (unpaired) electrons. The quantitative estimate of drug-likeness (QED) is 0.579. The Hall–Kier alpha value is -2.02. The molecule has 29 heavy (non-hydrogen) atoms. The Bertz CT molecular complexity index is 939. The maximum absolute atomic E-state index is 5.29. The second-order valence-corrected chi connectivity index (χ2v) is 8.48. The van der Waals surface area contributed by atoms with Crippen LogP contribution in [0.3, 0.4) is 0 Å². The number of hydrogen-bond donors (Lipinski definition) is 1. The van der Waals surface area contributed by atoms with Crippen LogP contribution in [0.25, 0.3) is 11.0 Å². The number of pyridine rings is 2. The second-order valence-electron chi connectivity index (χ2n) is 7.56. The van der Waals surface area contributed by atoms with Crippen LogP contribution in [0, 0.1) is 0 Å². The molecule has 1 fully saturated rings. The van der Waals surface area contributed by atoms with E-state index >= 15 is 0 Å². The van der Waals surface area contributed by atoms with Gasteiger partial charge in [0.25, 0.3) is 0 Å². The molecule has 0 aliphatic carbocycles. The normalized spacial score (nSPS) is 15.7. The average molecular weight is 455 g/mol. The van der Waals surface area contributed by atoms with Crippen molar-refractivity contribution in [2.45, 2.75) is 31.8 Å². The summed E-state index contributed by atoms with van der Waals surface area (Å²) in [6.45, 7) is 4.27. The van der Waals surface area contributed by atoms with E-state index < -0.39 is 0 Å². The minimum Gasteiger partial charge on any atom is -0.481 e. The van der Waals surface area contributed by atoms with Crippen LogP contribution in [-0.4, -0.2) is 47.7 Å². The van der Waals surface area contributed by atoms with Crippen LogP contribution in [0.5, 0.6) is 5.88 Å². The third kappa shape index (κ3) is 5.32. The van der Waals surface area contributed by atoms with Crippen LogP contribution >= 0.6 is 15.9 Å². The fourth-order valence-corrected chi connectivity index (χ4v) is 4.14. The summed E-state index contributed by atoms with van der Waals surface area (Å²) in [4.78, 5) is 11.6. The third-order valence-electron chi connectivity index (χ3n) is 5.64.